The van der Waals surface area contributed by atoms with Crippen LogP contribution in [0.2, 0.25) is 0 Å². The molecule has 0 aliphatic carbocycles. The molecule has 0 saturated carbocycles. The third kappa shape index (κ3) is 3.40. The van der Waals surface area contributed by atoms with Crippen LogP contribution >= 0.6 is 15.9 Å². The molecule has 108 valence electrons. The van der Waals surface area contributed by atoms with Gasteiger partial charge in [-0.15, -0.1) is 0 Å². The van der Waals surface area contributed by atoms with E-state index in [-0.39, 0.29) is 21.4 Å². The third-order valence-corrected chi connectivity index (χ3v) is 3.11. The van der Waals surface area contributed by atoms with Crippen molar-refractivity contribution in [2.45, 2.75) is 0 Å². The second-order valence-electron chi connectivity index (χ2n) is 3.94. The molecule has 1 aromatic carbocycles. The maximum atomic E-state index is 13.6. The summed E-state index contributed by atoms with van der Waals surface area (Å²) in [5.41, 5.74) is -0.543. The molecule has 2 rings (SSSR count). The van der Waals surface area contributed by atoms with E-state index in [0.717, 1.165) is 24.4 Å². The normalized spacial score (nSPS) is 10.2. The molecule has 2 N–H and O–H groups in total. The molecular weight excluding hydrogens is 350 g/mol. The SMILES string of the molecule is O=C(Nc1cc(F)c(Br)cc1F)c1ccc(C(=O)O)nc1. The summed E-state index contributed by atoms with van der Waals surface area (Å²) in [4.78, 5) is 26.0. The molecule has 0 atom stereocenters. The first-order valence-electron chi connectivity index (χ1n) is 5.53. The lowest BCUT2D eigenvalue weighted by molar-refractivity contribution is 0.0690. The lowest BCUT2D eigenvalue weighted by Gasteiger charge is -2.07. The predicted molar refractivity (Wildman–Crippen MR) is 73.2 cm³/mol. The van der Waals surface area contributed by atoms with Crippen molar-refractivity contribution in [2.75, 3.05) is 5.32 Å². The number of benzene rings is 1. The van der Waals surface area contributed by atoms with Crippen LogP contribution in [0.25, 0.3) is 0 Å². The molecule has 8 heteroatoms. The van der Waals surface area contributed by atoms with E-state index in [9.17, 15) is 18.4 Å². The Morgan fingerprint density at radius 1 is 1.19 bits per heavy atom. The van der Waals surface area contributed by atoms with Crippen molar-refractivity contribution in [3.63, 3.8) is 0 Å². The van der Waals surface area contributed by atoms with Crippen LogP contribution in [0.15, 0.2) is 34.9 Å². The van der Waals surface area contributed by atoms with Crippen LogP contribution in [0, 0.1) is 11.6 Å². The van der Waals surface area contributed by atoms with Gasteiger partial charge in [-0.1, -0.05) is 0 Å². The summed E-state index contributed by atoms with van der Waals surface area (Å²) < 4.78 is 26.8. The Morgan fingerprint density at radius 2 is 1.90 bits per heavy atom. The molecule has 0 fully saturated rings. The van der Waals surface area contributed by atoms with Crippen LogP contribution in [-0.2, 0) is 0 Å². The number of amides is 1. The van der Waals surface area contributed by atoms with Gasteiger partial charge in [0.2, 0.25) is 0 Å². The van der Waals surface area contributed by atoms with E-state index >= 15 is 0 Å². The molecule has 1 amide bonds. The summed E-state index contributed by atoms with van der Waals surface area (Å²) in [5, 5.41) is 10.9. The minimum atomic E-state index is -1.23. The number of carboxylic acids is 1. The Hall–Kier alpha value is -2.35. The first kappa shape index (κ1) is 15.0. The highest BCUT2D eigenvalue weighted by Gasteiger charge is 2.13. The zero-order chi connectivity index (χ0) is 15.6. The van der Waals surface area contributed by atoms with Crippen LogP contribution in [0.3, 0.4) is 0 Å². The molecule has 1 aromatic heterocycles. The fourth-order valence-corrected chi connectivity index (χ4v) is 1.78. The van der Waals surface area contributed by atoms with E-state index < -0.39 is 23.5 Å². The lowest BCUT2D eigenvalue weighted by Crippen LogP contribution is -2.14. The summed E-state index contributed by atoms with van der Waals surface area (Å²) in [5.74, 6) is -3.51. The number of anilines is 1. The molecular formula is C13H7BrF2N2O3. The van der Waals surface area contributed by atoms with Gasteiger partial charge in [-0.3, -0.25) is 4.79 Å². The number of rotatable bonds is 3. The first-order chi connectivity index (χ1) is 9.88. The molecule has 0 spiro atoms. The van der Waals surface area contributed by atoms with E-state index in [4.69, 9.17) is 5.11 Å². The Labute approximate surface area is 125 Å². The number of nitrogens with zero attached hydrogens (tertiary/aromatic N) is 1. The quantitative estimate of drug-likeness (QED) is 0.828. The van der Waals surface area contributed by atoms with Crippen LogP contribution in [-0.4, -0.2) is 22.0 Å². The second kappa shape index (κ2) is 5.96. The van der Waals surface area contributed by atoms with Gasteiger partial charge in [-0.25, -0.2) is 18.6 Å². The Balaban J connectivity index is 2.22. The minimum absolute atomic E-state index is 0.0164. The fraction of sp³-hybridized carbons (Fsp3) is 0. The zero-order valence-electron chi connectivity index (χ0n) is 10.2. The Kier molecular flexibility index (Phi) is 4.27. The van der Waals surface area contributed by atoms with E-state index in [1.807, 2.05) is 0 Å². The van der Waals surface area contributed by atoms with Crippen molar-refractivity contribution in [2.24, 2.45) is 0 Å². The van der Waals surface area contributed by atoms with Gasteiger partial charge in [-0.2, -0.15) is 0 Å². The molecule has 21 heavy (non-hydrogen) atoms. The van der Waals surface area contributed by atoms with E-state index in [1.165, 1.54) is 6.07 Å². The molecule has 0 bridgehead atoms. The number of pyridine rings is 1. The summed E-state index contributed by atoms with van der Waals surface area (Å²) >= 11 is 2.82. The number of aromatic nitrogens is 1. The number of nitrogens with one attached hydrogen (secondary N) is 1. The van der Waals surface area contributed by atoms with Gasteiger partial charge >= 0.3 is 5.97 Å². The summed E-state index contributed by atoms with van der Waals surface area (Å²) in [7, 11) is 0. The van der Waals surface area contributed by atoms with Crippen molar-refractivity contribution < 1.29 is 23.5 Å². The highest BCUT2D eigenvalue weighted by molar-refractivity contribution is 9.10. The number of hydrogen-bond donors (Lipinski definition) is 2. The van der Waals surface area contributed by atoms with E-state index in [2.05, 4.69) is 26.2 Å². The van der Waals surface area contributed by atoms with Gasteiger partial charge < -0.3 is 10.4 Å². The third-order valence-electron chi connectivity index (χ3n) is 2.50. The predicted octanol–water partition coefficient (Wildman–Crippen LogP) is 3.07. The smallest absolute Gasteiger partial charge is 0.354 e. The van der Waals surface area contributed by atoms with Gasteiger partial charge in [0.15, 0.2) is 0 Å². The topological polar surface area (TPSA) is 79.3 Å². The molecule has 0 unspecified atom stereocenters. The van der Waals surface area contributed by atoms with Crippen LogP contribution in [0.4, 0.5) is 14.5 Å². The molecule has 1 heterocycles. The van der Waals surface area contributed by atoms with Crippen LogP contribution in [0.1, 0.15) is 20.8 Å². The van der Waals surface area contributed by atoms with Crippen molar-refractivity contribution >= 4 is 33.5 Å². The maximum Gasteiger partial charge on any atom is 0.354 e. The van der Waals surface area contributed by atoms with Crippen LogP contribution in [0.5, 0.6) is 0 Å². The number of halogens is 3. The first-order valence-corrected chi connectivity index (χ1v) is 6.33. The maximum absolute atomic E-state index is 13.6. The standard InChI is InChI=1S/C13H7BrF2N2O3/c14-7-3-9(16)11(4-8(7)15)18-12(19)6-1-2-10(13(20)21)17-5-6/h1-5H,(H,18,19)(H,20,21). The van der Waals surface area contributed by atoms with Gasteiger partial charge in [-0.05, 0) is 34.1 Å². The molecule has 5 nitrogen and oxygen atoms in total. The molecule has 0 aliphatic heterocycles. The van der Waals surface area contributed by atoms with Crippen LogP contribution < -0.4 is 5.32 Å². The van der Waals surface area contributed by atoms with Gasteiger partial charge in [0.1, 0.15) is 17.3 Å². The average molecular weight is 357 g/mol. The van der Waals surface area contributed by atoms with Gasteiger partial charge in [0.05, 0.1) is 15.7 Å². The Morgan fingerprint density at radius 3 is 2.48 bits per heavy atom. The molecule has 0 saturated heterocycles. The fourth-order valence-electron chi connectivity index (χ4n) is 1.47. The summed E-state index contributed by atoms with van der Waals surface area (Å²) in [6, 6.07) is 4.07. The number of carboxylic acid groups (broad SMARTS) is 1. The molecule has 2 aromatic rings. The van der Waals surface area contributed by atoms with E-state index in [1.54, 1.807) is 0 Å². The lowest BCUT2D eigenvalue weighted by atomic mass is 10.2. The number of carbonyl (C=O) groups is 2. The average Bonchev–Trinajstić information content (AvgIpc) is 2.44. The molecule has 0 radical (unpaired) electrons. The van der Waals surface area contributed by atoms with Crippen molar-refractivity contribution in [1.82, 2.24) is 4.98 Å². The number of carbonyl (C=O) groups excluding carboxylic acids is 1. The van der Waals surface area contributed by atoms with Crippen molar-refractivity contribution in [3.8, 4) is 0 Å². The van der Waals surface area contributed by atoms with Crippen molar-refractivity contribution in [3.05, 3.63) is 57.8 Å². The van der Waals surface area contributed by atoms with Gasteiger partial charge in [0.25, 0.3) is 5.91 Å². The monoisotopic (exact) mass is 356 g/mol. The highest BCUT2D eigenvalue weighted by Crippen LogP contribution is 2.23. The Bertz CT molecular complexity index is 720. The minimum Gasteiger partial charge on any atom is -0.477 e. The second-order valence-corrected chi connectivity index (χ2v) is 4.79. The summed E-state index contributed by atoms with van der Waals surface area (Å²) in [6.07, 6.45) is 1.03. The number of hydrogen-bond acceptors (Lipinski definition) is 3. The van der Waals surface area contributed by atoms with E-state index in [0.29, 0.717) is 0 Å². The molecule has 0 aliphatic rings. The zero-order valence-corrected chi connectivity index (χ0v) is 11.8. The van der Waals surface area contributed by atoms with Crippen molar-refractivity contribution in [1.29, 1.82) is 0 Å². The highest BCUT2D eigenvalue weighted by atomic mass is 79.9. The summed E-state index contributed by atoms with van der Waals surface area (Å²) in [6.45, 7) is 0. The number of aromatic carboxylic acids is 1. The largest absolute Gasteiger partial charge is 0.477 e. The van der Waals surface area contributed by atoms with Gasteiger partial charge in [0, 0.05) is 12.3 Å².